The lowest BCUT2D eigenvalue weighted by molar-refractivity contribution is -0.188. The molecule has 2 bridgehead atoms. The van der Waals surface area contributed by atoms with Crippen LogP contribution >= 0.6 is 0 Å². The maximum absolute atomic E-state index is 12.3. The summed E-state index contributed by atoms with van der Waals surface area (Å²) in [4.78, 5) is 35.6. The van der Waals surface area contributed by atoms with Crippen LogP contribution in [0, 0.1) is 23.2 Å². The summed E-state index contributed by atoms with van der Waals surface area (Å²) in [5.74, 6) is -3.33. The second-order valence-corrected chi connectivity index (χ2v) is 5.78. The van der Waals surface area contributed by atoms with Crippen molar-refractivity contribution in [2.75, 3.05) is 0 Å². The molecule has 3 aliphatic carbocycles. The fourth-order valence-electron chi connectivity index (χ4n) is 3.99. The molecule has 0 radical (unpaired) electrons. The second-order valence-electron chi connectivity index (χ2n) is 5.78. The number of carbonyl (C=O) groups is 3. The zero-order valence-corrected chi connectivity index (χ0v) is 9.73. The topological polar surface area (TPSA) is 80.7 Å². The van der Waals surface area contributed by atoms with Gasteiger partial charge in [0.2, 0.25) is 0 Å². The van der Waals surface area contributed by atoms with Crippen molar-refractivity contribution in [1.29, 1.82) is 0 Å². The van der Waals surface area contributed by atoms with Gasteiger partial charge in [-0.1, -0.05) is 6.92 Å². The molecule has 4 fully saturated rings. The van der Waals surface area contributed by atoms with Crippen LogP contribution in [0.4, 0.5) is 0 Å². The Bertz CT molecular complexity index is 452. The third kappa shape index (κ3) is 1.01. The second kappa shape index (κ2) is 2.77. The van der Waals surface area contributed by atoms with Crippen molar-refractivity contribution >= 4 is 17.7 Å². The Labute approximate surface area is 98.1 Å². The molecule has 0 aromatic rings. The van der Waals surface area contributed by atoms with Crippen LogP contribution in [-0.2, 0) is 19.1 Å². The summed E-state index contributed by atoms with van der Waals surface area (Å²) in [5, 5.41) is 10.3. The molecule has 4 rings (SSSR count). The molecule has 1 N–H and O–H groups in total. The van der Waals surface area contributed by atoms with E-state index in [9.17, 15) is 19.5 Å². The average molecular weight is 238 g/mol. The van der Waals surface area contributed by atoms with Crippen LogP contribution in [0.25, 0.3) is 0 Å². The third-order valence-electron chi connectivity index (χ3n) is 4.88. The lowest BCUT2D eigenvalue weighted by Crippen LogP contribution is -2.66. The van der Waals surface area contributed by atoms with E-state index in [1.54, 1.807) is 6.92 Å². The van der Waals surface area contributed by atoms with Crippen molar-refractivity contribution in [3.63, 3.8) is 0 Å². The minimum absolute atomic E-state index is 0.325. The number of ether oxygens (including phenoxy) is 1. The van der Waals surface area contributed by atoms with E-state index in [2.05, 4.69) is 4.74 Å². The molecule has 5 heteroatoms. The van der Waals surface area contributed by atoms with Crippen LogP contribution in [0.3, 0.4) is 0 Å². The molecule has 4 aliphatic rings. The van der Waals surface area contributed by atoms with E-state index in [-0.39, 0.29) is 5.78 Å². The molecular formula is C12H14O5. The minimum atomic E-state index is -1.52. The van der Waals surface area contributed by atoms with Gasteiger partial charge < -0.3 is 9.84 Å². The highest BCUT2D eigenvalue weighted by Gasteiger charge is 2.71. The molecule has 17 heavy (non-hydrogen) atoms. The Hall–Kier alpha value is -1.23. The predicted molar refractivity (Wildman–Crippen MR) is 54.5 cm³/mol. The zero-order chi connectivity index (χ0) is 12.6. The van der Waals surface area contributed by atoms with Crippen molar-refractivity contribution in [1.82, 2.24) is 0 Å². The van der Waals surface area contributed by atoms with Gasteiger partial charge in [-0.05, 0) is 19.8 Å². The number of esters is 2. The summed E-state index contributed by atoms with van der Waals surface area (Å²) >= 11 is 0. The maximum Gasteiger partial charge on any atom is 0.318 e. The van der Waals surface area contributed by atoms with Crippen molar-refractivity contribution in [3.8, 4) is 0 Å². The number of hydrogen-bond acceptors (Lipinski definition) is 5. The fourth-order valence-corrected chi connectivity index (χ4v) is 3.99. The van der Waals surface area contributed by atoms with Gasteiger partial charge >= 0.3 is 11.9 Å². The summed E-state index contributed by atoms with van der Waals surface area (Å²) < 4.78 is 4.65. The Morgan fingerprint density at radius 1 is 1.24 bits per heavy atom. The lowest BCUT2D eigenvalue weighted by atomic mass is 9.46. The third-order valence-corrected chi connectivity index (χ3v) is 4.88. The fraction of sp³-hybridized carbons (Fsp3) is 0.750. The van der Waals surface area contributed by atoms with Crippen LogP contribution < -0.4 is 0 Å². The van der Waals surface area contributed by atoms with Gasteiger partial charge in [0.05, 0.1) is 11.8 Å². The number of ketones is 1. The molecule has 0 amide bonds. The zero-order valence-electron chi connectivity index (χ0n) is 9.73. The van der Waals surface area contributed by atoms with E-state index >= 15 is 0 Å². The molecule has 3 saturated carbocycles. The monoisotopic (exact) mass is 238 g/mol. The van der Waals surface area contributed by atoms with Crippen LogP contribution in [0.1, 0.15) is 26.7 Å². The Morgan fingerprint density at radius 2 is 1.88 bits per heavy atom. The molecule has 5 atom stereocenters. The van der Waals surface area contributed by atoms with Crippen LogP contribution in [0.15, 0.2) is 0 Å². The van der Waals surface area contributed by atoms with Gasteiger partial charge in [-0.2, -0.15) is 0 Å². The van der Waals surface area contributed by atoms with Gasteiger partial charge in [-0.3, -0.25) is 14.4 Å². The van der Waals surface area contributed by atoms with Gasteiger partial charge in [0.1, 0.15) is 5.60 Å². The normalized spacial score (nSPS) is 52.6. The van der Waals surface area contributed by atoms with Crippen LogP contribution in [-0.4, -0.2) is 28.4 Å². The van der Waals surface area contributed by atoms with Crippen molar-refractivity contribution in [2.45, 2.75) is 32.3 Å². The molecule has 0 unspecified atom stereocenters. The van der Waals surface area contributed by atoms with E-state index in [4.69, 9.17) is 0 Å². The lowest BCUT2D eigenvalue weighted by Gasteiger charge is -2.54. The average Bonchev–Trinajstić information content (AvgIpc) is 2.53. The first-order valence-electron chi connectivity index (χ1n) is 5.83. The molecule has 5 nitrogen and oxygen atoms in total. The number of cyclic esters (lactones) is 2. The van der Waals surface area contributed by atoms with Gasteiger partial charge in [0.25, 0.3) is 0 Å². The summed E-state index contributed by atoms with van der Waals surface area (Å²) in [6.07, 6.45) is 1.12. The number of rotatable bonds is 0. The molecule has 0 aromatic heterocycles. The van der Waals surface area contributed by atoms with E-state index in [0.29, 0.717) is 12.8 Å². The van der Waals surface area contributed by atoms with Gasteiger partial charge in [0, 0.05) is 11.3 Å². The molecule has 92 valence electrons. The summed E-state index contributed by atoms with van der Waals surface area (Å²) in [7, 11) is 0. The molecule has 0 spiro atoms. The van der Waals surface area contributed by atoms with Crippen molar-refractivity contribution in [2.24, 2.45) is 23.2 Å². The first-order valence-corrected chi connectivity index (χ1v) is 5.83. The molecular weight excluding hydrogens is 224 g/mol. The van der Waals surface area contributed by atoms with Gasteiger partial charge in [0.15, 0.2) is 5.78 Å². The Kier molecular flexibility index (Phi) is 1.78. The number of Topliss-reactive ketones (excluding diaryl/α,β-unsaturated/α-hetero) is 1. The highest BCUT2D eigenvalue weighted by atomic mass is 16.6. The Morgan fingerprint density at radius 3 is 2.53 bits per heavy atom. The number of fused-ring (bicyclic) bond motifs is 2. The summed E-state index contributed by atoms with van der Waals surface area (Å²) in [6, 6.07) is 0. The highest BCUT2D eigenvalue weighted by molar-refractivity contribution is 6.06. The number of carbonyl (C=O) groups excluding carboxylic acids is 3. The van der Waals surface area contributed by atoms with Gasteiger partial charge in [-0.15, -0.1) is 0 Å². The van der Waals surface area contributed by atoms with Crippen molar-refractivity contribution in [3.05, 3.63) is 0 Å². The number of hydrogen-bond donors (Lipinski definition) is 1. The molecule has 0 aromatic carbocycles. The molecule has 1 aliphatic heterocycles. The predicted octanol–water partition coefficient (Wildman–Crippen LogP) is 0.0522. The smallest absolute Gasteiger partial charge is 0.318 e. The van der Waals surface area contributed by atoms with Gasteiger partial charge in [-0.25, -0.2) is 0 Å². The van der Waals surface area contributed by atoms with Crippen molar-refractivity contribution < 1.29 is 24.2 Å². The summed E-state index contributed by atoms with van der Waals surface area (Å²) in [6.45, 7) is 3.11. The van der Waals surface area contributed by atoms with E-state index in [1.165, 1.54) is 6.92 Å². The quantitative estimate of drug-likeness (QED) is 0.476. The minimum Gasteiger partial charge on any atom is -0.393 e. The van der Waals surface area contributed by atoms with Crippen LogP contribution in [0.5, 0.6) is 0 Å². The summed E-state index contributed by atoms with van der Waals surface area (Å²) in [5.41, 5.74) is -2.47. The van der Waals surface area contributed by atoms with E-state index < -0.39 is 40.7 Å². The standard InChI is InChI=1S/C12H14O5/c1-11-4-3-5(12(2,16)10(11)15)6-7(11)9(14)17-8(6)13/h5-7,16H,3-4H2,1-2H3/t5-,6+,7-,11+,12+/m1/s1. The largest absolute Gasteiger partial charge is 0.393 e. The Balaban J connectivity index is 2.19. The first-order chi connectivity index (χ1) is 7.80. The SMILES string of the molecule is C[C@@]1(O)C(=O)[C@@]2(C)CC[C@@H]1[C@@H]1C(=O)OC(=O)[C@@H]12. The highest BCUT2D eigenvalue weighted by Crippen LogP contribution is 2.60. The number of aliphatic hydroxyl groups is 1. The van der Waals surface area contributed by atoms with E-state index in [0.717, 1.165) is 0 Å². The van der Waals surface area contributed by atoms with Crippen LogP contribution in [0.2, 0.25) is 0 Å². The maximum atomic E-state index is 12.3. The van der Waals surface area contributed by atoms with E-state index in [1.807, 2.05) is 0 Å². The first kappa shape index (κ1) is 10.9. The molecule has 1 heterocycles. The molecule has 1 saturated heterocycles.